The average molecular weight is 269 g/mol. The molecule has 0 aliphatic rings. The summed E-state index contributed by atoms with van der Waals surface area (Å²) in [5.74, 6) is 1.21. The second kappa shape index (κ2) is 8.59. The molecule has 0 bridgehead atoms. The standard InChI is InChI=1S/C14H27N3S/c1-5-8-15-13(7-10-18-4)11-14-6-9-17(16-14)12(2)3/h6,9,12-13,15H,5,7-8,10-11H2,1-4H3. The highest BCUT2D eigenvalue weighted by Gasteiger charge is 2.11. The molecule has 1 atom stereocenters. The molecule has 0 radical (unpaired) electrons. The van der Waals surface area contributed by atoms with Crippen molar-refractivity contribution in [3.8, 4) is 0 Å². The van der Waals surface area contributed by atoms with Crippen LogP contribution in [0.2, 0.25) is 0 Å². The van der Waals surface area contributed by atoms with Crippen LogP contribution in [0.5, 0.6) is 0 Å². The molecule has 0 saturated heterocycles. The summed E-state index contributed by atoms with van der Waals surface area (Å²) in [7, 11) is 0. The molecule has 104 valence electrons. The van der Waals surface area contributed by atoms with Crippen molar-refractivity contribution in [2.75, 3.05) is 18.6 Å². The summed E-state index contributed by atoms with van der Waals surface area (Å²) in [6.45, 7) is 7.64. The molecule has 3 nitrogen and oxygen atoms in total. The van der Waals surface area contributed by atoms with Gasteiger partial charge in [-0.1, -0.05) is 6.92 Å². The van der Waals surface area contributed by atoms with Crippen LogP contribution in [0.4, 0.5) is 0 Å². The Morgan fingerprint density at radius 2 is 2.22 bits per heavy atom. The van der Waals surface area contributed by atoms with E-state index in [9.17, 15) is 0 Å². The largest absolute Gasteiger partial charge is 0.314 e. The van der Waals surface area contributed by atoms with Gasteiger partial charge < -0.3 is 5.32 Å². The third-order valence-electron chi connectivity index (χ3n) is 3.00. The first kappa shape index (κ1) is 15.6. The summed E-state index contributed by atoms with van der Waals surface area (Å²) in [4.78, 5) is 0. The number of hydrogen-bond acceptors (Lipinski definition) is 3. The van der Waals surface area contributed by atoms with E-state index in [1.165, 1.54) is 24.3 Å². The third-order valence-corrected chi connectivity index (χ3v) is 3.65. The fraction of sp³-hybridized carbons (Fsp3) is 0.786. The number of aromatic nitrogens is 2. The molecule has 0 spiro atoms. The highest BCUT2D eigenvalue weighted by molar-refractivity contribution is 7.98. The van der Waals surface area contributed by atoms with Crippen molar-refractivity contribution in [1.29, 1.82) is 0 Å². The molecule has 0 amide bonds. The Bertz CT molecular complexity index is 315. The molecular weight excluding hydrogens is 242 g/mol. The lowest BCUT2D eigenvalue weighted by atomic mass is 10.1. The predicted molar refractivity (Wildman–Crippen MR) is 81.4 cm³/mol. The number of nitrogens with one attached hydrogen (secondary N) is 1. The van der Waals surface area contributed by atoms with Crippen LogP contribution in [0, 0.1) is 0 Å². The summed E-state index contributed by atoms with van der Waals surface area (Å²) in [5.41, 5.74) is 1.21. The molecular formula is C14H27N3S. The Balaban J connectivity index is 2.51. The van der Waals surface area contributed by atoms with Gasteiger partial charge in [-0.25, -0.2) is 0 Å². The van der Waals surface area contributed by atoms with Crippen LogP contribution in [-0.2, 0) is 6.42 Å². The van der Waals surface area contributed by atoms with Gasteiger partial charge in [0.15, 0.2) is 0 Å². The lowest BCUT2D eigenvalue weighted by Gasteiger charge is -2.17. The Kier molecular flexibility index (Phi) is 7.44. The molecule has 4 heteroatoms. The third kappa shape index (κ3) is 5.44. The zero-order valence-electron chi connectivity index (χ0n) is 12.1. The first-order valence-electron chi connectivity index (χ1n) is 6.93. The maximum atomic E-state index is 4.64. The van der Waals surface area contributed by atoms with Gasteiger partial charge in [-0.05, 0) is 51.3 Å². The Morgan fingerprint density at radius 1 is 1.44 bits per heavy atom. The topological polar surface area (TPSA) is 29.9 Å². The van der Waals surface area contributed by atoms with E-state index in [1.54, 1.807) is 0 Å². The van der Waals surface area contributed by atoms with Crippen LogP contribution in [0.1, 0.15) is 45.3 Å². The van der Waals surface area contributed by atoms with Crippen molar-refractivity contribution in [3.63, 3.8) is 0 Å². The van der Waals surface area contributed by atoms with Crippen LogP contribution in [0.3, 0.4) is 0 Å². The van der Waals surface area contributed by atoms with E-state index >= 15 is 0 Å². The van der Waals surface area contributed by atoms with Gasteiger partial charge >= 0.3 is 0 Å². The summed E-state index contributed by atoms with van der Waals surface area (Å²) >= 11 is 1.92. The monoisotopic (exact) mass is 269 g/mol. The van der Waals surface area contributed by atoms with Crippen LogP contribution in [-0.4, -0.2) is 34.4 Å². The van der Waals surface area contributed by atoms with E-state index < -0.39 is 0 Å². The maximum Gasteiger partial charge on any atom is 0.0640 e. The van der Waals surface area contributed by atoms with Gasteiger partial charge in [0.1, 0.15) is 0 Å². The first-order valence-corrected chi connectivity index (χ1v) is 8.33. The van der Waals surface area contributed by atoms with E-state index in [0.29, 0.717) is 12.1 Å². The number of hydrogen-bond donors (Lipinski definition) is 1. The Hall–Kier alpha value is -0.480. The van der Waals surface area contributed by atoms with E-state index in [-0.39, 0.29) is 0 Å². The summed E-state index contributed by atoms with van der Waals surface area (Å²) in [6, 6.07) is 3.17. The maximum absolute atomic E-state index is 4.64. The lowest BCUT2D eigenvalue weighted by molar-refractivity contribution is 0.480. The second-order valence-corrected chi connectivity index (χ2v) is 6.00. The van der Waals surface area contributed by atoms with Crippen molar-refractivity contribution in [1.82, 2.24) is 15.1 Å². The van der Waals surface area contributed by atoms with Gasteiger partial charge in [0.05, 0.1) is 5.69 Å². The molecule has 1 aromatic heterocycles. The highest BCUT2D eigenvalue weighted by atomic mass is 32.2. The Morgan fingerprint density at radius 3 is 2.78 bits per heavy atom. The van der Waals surface area contributed by atoms with Crippen molar-refractivity contribution in [3.05, 3.63) is 18.0 Å². The number of thioether (sulfide) groups is 1. The molecule has 1 unspecified atom stereocenters. The molecule has 0 aliphatic carbocycles. The van der Waals surface area contributed by atoms with Crippen LogP contribution in [0.15, 0.2) is 12.3 Å². The summed E-state index contributed by atoms with van der Waals surface area (Å²) in [6.07, 6.45) is 7.71. The fourth-order valence-corrected chi connectivity index (χ4v) is 2.43. The van der Waals surface area contributed by atoms with Gasteiger partial charge in [0, 0.05) is 24.7 Å². The Labute approximate surface area is 116 Å². The summed E-state index contributed by atoms with van der Waals surface area (Å²) in [5, 5.41) is 8.26. The average Bonchev–Trinajstić information content (AvgIpc) is 2.81. The first-order chi connectivity index (χ1) is 8.67. The van der Waals surface area contributed by atoms with Crippen LogP contribution in [0.25, 0.3) is 0 Å². The van der Waals surface area contributed by atoms with E-state index in [1.807, 2.05) is 16.4 Å². The zero-order chi connectivity index (χ0) is 13.4. The normalized spacial score (nSPS) is 13.2. The molecule has 0 fully saturated rings. The van der Waals surface area contributed by atoms with Crippen molar-refractivity contribution >= 4 is 11.8 Å². The zero-order valence-corrected chi connectivity index (χ0v) is 13.0. The molecule has 1 aromatic rings. The minimum atomic E-state index is 0.451. The summed E-state index contributed by atoms with van der Waals surface area (Å²) < 4.78 is 2.04. The molecule has 1 rings (SSSR count). The molecule has 0 saturated carbocycles. The second-order valence-electron chi connectivity index (χ2n) is 5.02. The number of nitrogens with zero attached hydrogens (tertiary/aromatic N) is 2. The predicted octanol–water partition coefficient (Wildman–Crippen LogP) is 3.13. The van der Waals surface area contributed by atoms with Gasteiger partial charge in [-0.15, -0.1) is 0 Å². The molecule has 0 aromatic carbocycles. The minimum Gasteiger partial charge on any atom is -0.314 e. The van der Waals surface area contributed by atoms with E-state index in [2.05, 4.69) is 49.7 Å². The van der Waals surface area contributed by atoms with Crippen LogP contribution < -0.4 is 5.32 Å². The lowest BCUT2D eigenvalue weighted by Crippen LogP contribution is -2.32. The molecule has 18 heavy (non-hydrogen) atoms. The van der Waals surface area contributed by atoms with Crippen LogP contribution >= 0.6 is 11.8 Å². The van der Waals surface area contributed by atoms with Crippen molar-refractivity contribution in [2.24, 2.45) is 0 Å². The molecule has 0 aliphatic heterocycles. The fourth-order valence-electron chi connectivity index (χ4n) is 1.91. The van der Waals surface area contributed by atoms with Gasteiger partial charge in [0.25, 0.3) is 0 Å². The van der Waals surface area contributed by atoms with Gasteiger partial charge in [-0.3, -0.25) is 4.68 Å². The molecule has 1 heterocycles. The minimum absolute atomic E-state index is 0.451. The van der Waals surface area contributed by atoms with Gasteiger partial charge in [-0.2, -0.15) is 16.9 Å². The van der Waals surface area contributed by atoms with E-state index in [4.69, 9.17) is 0 Å². The molecule has 1 N–H and O–H groups in total. The SMILES string of the molecule is CCCNC(CCSC)Cc1ccn(C(C)C)n1. The quantitative estimate of drug-likeness (QED) is 0.747. The highest BCUT2D eigenvalue weighted by Crippen LogP contribution is 2.09. The van der Waals surface area contributed by atoms with Crippen molar-refractivity contribution < 1.29 is 0 Å². The smallest absolute Gasteiger partial charge is 0.0640 e. The van der Waals surface area contributed by atoms with Gasteiger partial charge in [0.2, 0.25) is 0 Å². The number of rotatable bonds is 9. The van der Waals surface area contributed by atoms with Crippen molar-refractivity contribution in [2.45, 2.75) is 52.1 Å². The van der Waals surface area contributed by atoms with E-state index in [0.717, 1.165) is 13.0 Å².